The fourth-order valence-electron chi connectivity index (χ4n) is 1.69. The van der Waals surface area contributed by atoms with Gasteiger partial charge in [-0.15, -0.1) is 0 Å². The van der Waals surface area contributed by atoms with E-state index in [1.54, 1.807) is 6.92 Å². The number of hydrogen-bond donors (Lipinski definition) is 2. The minimum absolute atomic E-state index is 0.306. The Morgan fingerprint density at radius 3 is 2.60 bits per heavy atom. The van der Waals surface area contributed by atoms with E-state index in [9.17, 15) is 12.8 Å². The smallest absolute Gasteiger partial charge is 0.243 e. The summed E-state index contributed by atoms with van der Waals surface area (Å²) in [5.41, 5.74) is 0.354. The molecule has 20 heavy (non-hydrogen) atoms. The lowest BCUT2D eigenvalue weighted by molar-refractivity contribution is 0.281. The number of aliphatic hydroxyl groups is 1. The quantitative estimate of drug-likeness (QED) is 0.786. The van der Waals surface area contributed by atoms with E-state index in [-0.39, 0.29) is 12.6 Å². The average Bonchev–Trinajstić information content (AvgIpc) is 2.36. The van der Waals surface area contributed by atoms with Crippen LogP contribution in [0.1, 0.15) is 18.9 Å². The van der Waals surface area contributed by atoms with E-state index < -0.39 is 20.7 Å². The fraction of sp³-hybridized carbons (Fsp3) is 0.538. The molecule has 2 N–H and O–H groups in total. The van der Waals surface area contributed by atoms with E-state index in [2.05, 4.69) is 4.72 Å². The number of hydrogen-bond acceptors (Lipinski definition) is 4. The molecule has 0 heterocycles. The topological polar surface area (TPSA) is 69.6 Å². The molecule has 0 radical (unpaired) electrons. The lowest BCUT2D eigenvalue weighted by Crippen LogP contribution is -2.35. The summed E-state index contributed by atoms with van der Waals surface area (Å²) in [4.78, 5) is 1.51. The van der Waals surface area contributed by atoms with Crippen LogP contribution in [0, 0.1) is 5.82 Å². The first kappa shape index (κ1) is 17.0. The third-order valence-electron chi connectivity index (χ3n) is 2.83. The molecule has 1 rings (SSSR count). The van der Waals surface area contributed by atoms with Gasteiger partial charge in [-0.05, 0) is 51.7 Å². The van der Waals surface area contributed by atoms with Gasteiger partial charge in [0.2, 0.25) is 10.0 Å². The fourth-order valence-corrected chi connectivity index (χ4v) is 3.10. The van der Waals surface area contributed by atoms with Crippen molar-refractivity contribution in [3.05, 3.63) is 29.6 Å². The minimum Gasteiger partial charge on any atom is -0.392 e. The summed E-state index contributed by atoms with van der Waals surface area (Å²) in [6.45, 7) is 2.12. The number of nitrogens with one attached hydrogen (secondary N) is 1. The predicted molar refractivity (Wildman–Crippen MR) is 75.3 cm³/mol. The molecule has 0 aromatic heterocycles. The Morgan fingerprint density at radius 2 is 2.05 bits per heavy atom. The second-order valence-electron chi connectivity index (χ2n) is 5.04. The van der Waals surface area contributed by atoms with Gasteiger partial charge in [0, 0.05) is 6.04 Å². The van der Waals surface area contributed by atoms with Crippen LogP contribution in [-0.2, 0) is 16.6 Å². The van der Waals surface area contributed by atoms with Gasteiger partial charge < -0.3 is 10.0 Å². The molecule has 7 heteroatoms. The lowest BCUT2D eigenvalue weighted by Gasteiger charge is -2.17. The molecule has 0 aliphatic heterocycles. The Labute approximate surface area is 119 Å². The van der Waals surface area contributed by atoms with Gasteiger partial charge in [-0.1, -0.05) is 6.07 Å². The lowest BCUT2D eigenvalue weighted by atomic mass is 10.2. The second-order valence-corrected chi connectivity index (χ2v) is 6.72. The summed E-state index contributed by atoms with van der Waals surface area (Å²) in [6.07, 6.45) is 0.619. The Kier molecular flexibility index (Phi) is 6.07. The van der Waals surface area contributed by atoms with Crippen LogP contribution in [0.25, 0.3) is 0 Å². The first-order chi connectivity index (χ1) is 9.26. The standard InChI is InChI=1S/C13H21FN2O3S/c1-10(6-7-16(2)3)15-20(18,19)13-8-11(9-17)4-5-12(13)14/h4-5,8,10,15,17H,6-7,9H2,1-3H3. The van der Waals surface area contributed by atoms with Crippen LogP contribution in [0.3, 0.4) is 0 Å². The number of rotatable bonds is 7. The first-order valence-corrected chi connectivity index (χ1v) is 7.81. The molecule has 0 saturated heterocycles. The maximum atomic E-state index is 13.7. The van der Waals surface area contributed by atoms with E-state index in [1.807, 2.05) is 19.0 Å². The molecule has 1 atom stereocenters. The molecule has 1 aromatic rings. The third kappa shape index (κ3) is 4.82. The summed E-state index contributed by atoms with van der Waals surface area (Å²) in [5.74, 6) is -0.825. The number of halogens is 1. The number of sulfonamides is 1. The third-order valence-corrected chi connectivity index (χ3v) is 4.44. The molecule has 0 amide bonds. The van der Waals surface area contributed by atoms with Crippen molar-refractivity contribution in [2.24, 2.45) is 0 Å². The molecule has 0 aliphatic rings. The highest BCUT2D eigenvalue weighted by Gasteiger charge is 2.21. The Hall–Kier alpha value is -1.02. The number of aliphatic hydroxyl groups excluding tert-OH is 1. The summed E-state index contributed by atoms with van der Waals surface area (Å²) < 4.78 is 40.4. The summed E-state index contributed by atoms with van der Waals surface area (Å²) >= 11 is 0. The van der Waals surface area contributed by atoms with Crippen LogP contribution in [-0.4, -0.2) is 45.1 Å². The van der Waals surface area contributed by atoms with Gasteiger partial charge in [0.1, 0.15) is 10.7 Å². The number of nitrogens with zero attached hydrogens (tertiary/aromatic N) is 1. The Bertz CT molecular complexity index is 547. The highest BCUT2D eigenvalue weighted by Crippen LogP contribution is 2.17. The highest BCUT2D eigenvalue weighted by atomic mass is 32.2. The largest absolute Gasteiger partial charge is 0.392 e. The van der Waals surface area contributed by atoms with Crippen molar-refractivity contribution in [3.8, 4) is 0 Å². The van der Waals surface area contributed by atoms with Crippen molar-refractivity contribution in [1.82, 2.24) is 9.62 Å². The van der Waals surface area contributed by atoms with Crippen LogP contribution >= 0.6 is 0 Å². The predicted octanol–water partition coefficient (Wildman–Crippen LogP) is 0.936. The van der Waals surface area contributed by atoms with Gasteiger partial charge >= 0.3 is 0 Å². The van der Waals surface area contributed by atoms with Gasteiger partial charge in [-0.2, -0.15) is 0 Å². The molecule has 0 aliphatic carbocycles. The summed E-state index contributed by atoms with van der Waals surface area (Å²) in [6, 6.07) is 3.24. The normalized spacial score (nSPS) is 13.7. The molecule has 1 aromatic carbocycles. The van der Waals surface area contributed by atoms with Gasteiger partial charge in [0.05, 0.1) is 6.61 Å². The van der Waals surface area contributed by atoms with Crippen LogP contribution in [0.2, 0.25) is 0 Å². The SMILES string of the molecule is CC(CCN(C)C)NS(=O)(=O)c1cc(CO)ccc1F. The van der Waals surface area contributed by atoms with E-state index in [0.29, 0.717) is 12.0 Å². The zero-order chi connectivity index (χ0) is 15.3. The van der Waals surface area contributed by atoms with E-state index in [1.165, 1.54) is 6.07 Å². The van der Waals surface area contributed by atoms with Crippen molar-refractivity contribution >= 4 is 10.0 Å². The van der Waals surface area contributed by atoms with Crippen LogP contribution < -0.4 is 4.72 Å². The van der Waals surface area contributed by atoms with E-state index in [0.717, 1.165) is 18.7 Å². The molecule has 114 valence electrons. The first-order valence-electron chi connectivity index (χ1n) is 6.32. The molecule has 0 bridgehead atoms. The van der Waals surface area contributed by atoms with E-state index >= 15 is 0 Å². The van der Waals surface area contributed by atoms with Gasteiger partial charge in [-0.25, -0.2) is 17.5 Å². The zero-order valence-corrected chi connectivity index (χ0v) is 12.7. The maximum absolute atomic E-state index is 13.7. The van der Waals surface area contributed by atoms with Gasteiger partial charge in [0.25, 0.3) is 0 Å². The zero-order valence-electron chi connectivity index (χ0n) is 11.9. The second kappa shape index (κ2) is 7.12. The summed E-state index contributed by atoms with van der Waals surface area (Å²) in [5, 5.41) is 9.00. The van der Waals surface area contributed by atoms with Crippen molar-refractivity contribution < 1.29 is 17.9 Å². The van der Waals surface area contributed by atoms with Crippen molar-refractivity contribution in [2.45, 2.75) is 30.9 Å². The monoisotopic (exact) mass is 304 g/mol. The maximum Gasteiger partial charge on any atom is 0.243 e. The van der Waals surface area contributed by atoms with Gasteiger partial charge in [-0.3, -0.25) is 0 Å². The molecule has 1 unspecified atom stereocenters. The molecule has 0 saturated carbocycles. The van der Waals surface area contributed by atoms with Crippen LogP contribution in [0.4, 0.5) is 4.39 Å². The van der Waals surface area contributed by atoms with Crippen molar-refractivity contribution in [1.29, 1.82) is 0 Å². The number of benzene rings is 1. The van der Waals surface area contributed by atoms with Crippen molar-refractivity contribution in [3.63, 3.8) is 0 Å². The van der Waals surface area contributed by atoms with Crippen LogP contribution in [0.15, 0.2) is 23.1 Å². The Morgan fingerprint density at radius 1 is 1.40 bits per heavy atom. The van der Waals surface area contributed by atoms with Crippen molar-refractivity contribution in [2.75, 3.05) is 20.6 Å². The molecular formula is C13H21FN2O3S. The van der Waals surface area contributed by atoms with Crippen LogP contribution in [0.5, 0.6) is 0 Å². The summed E-state index contributed by atoms with van der Waals surface area (Å²) in [7, 11) is -0.136. The highest BCUT2D eigenvalue weighted by molar-refractivity contribution is 7.89. The Balaban J connectivity index is 2.88. The molecular weight excluding hydrogens is 283 g/mol. The molecule has 0 spiro atoms. The minimum atomic E-state index is -3.93. The van der Waals surface area contributed by atoms with E-state index in [4.69, 9.17) is 5.11 Å². The molecule has 5 nitrogen and oxygen atoms in total. The average molecular weight is 304 g/mol. The van der Waals surface area contributed by atoms with Gasteiger partial charge in [0.15, 0.2) is 0 Å². The molecule has 0 fully saturated rings.